The molecule has 0 saturated carbocycles. The van der Waals surface area contributed by atoms with Gasteiger partial charge in [-0.2, -0.15) is 0 Å². The van der Waals surface area contributed by atoms with Gasteiger partial charge in [-0.3, -0.25) is 0 Å². The van der Waals surface area contributed by atoms with Gasteiger partial charge in [-0.1, -0.05) is 0 Å². The first-order valence-corrected chi connectivity index (χ1v) is 18.3. The summed E-state index contributed by atoms with van der Waals surface area (Å²) in [6, 6.07) is 0. The van der Waals surface area contributed by atoms with E-state index < -0.39 is 30.6 Å². The molecule has 0 amide bonds. The van der Waals surface area contributed by atoms with Crippen molar-refractivity contribution in [1.29, 1.82) is 0 Å². The Morgan fingerprint density at radius 2 is 1.28 bits per heavy atom. The summed E-state index contributed by atoms with van der Waals surface area (Å²) in [7, 11) is 0. The van der Waals surface area contributed by atoms with Crippen molar-refractivity contribution < 1.29 is 10.2 Å². The van der Waals surface area contributed by atoms with Gasteiger partial charge in [0.25, 0.3) is 0 Å². The number of hydrogen-bond acceptors (Lipinski definition) is 2. The number of aliphatic hydroxyl groups is 2. The molecule has 0 unspecified atom stereocenters. The Hall–Kier alpha value is 0.0187. The van der Waals surface area contributed by atoms with Gasteiger partial charge in [-0.25, -0.2) is 0 Å². The van der Waals surface area contributed by atoms with Gasteiger partial charge in [-0.15, -0.1) is 0 Å². The first-order valence-electron chi connectivity index (χ1n) is 10.6. The molecule has 0 aliphatic heterocycles. The van der Waals surface area contributed by atoms with Gasteiger partial charge in [-0.05, 0) is 0 Å². The van der Waals surface area contributed by atoms with Crippen LogP contribution in [-0.2, 0) is 0 Å². The van der Waals surface area contributed by atoms with Crippen LogP contribution in [0, 0.1) is 11.8 Å². The number of rotatable bonds is 14. The molecule has 146 valence electrons. The molecule has 0 aromatic heterocycles. The molecule has 0 aromatic rings. The van der Waals surface area contributed by atoms with E-state index in [0.29, 0.717) is 0 Å². The second-order valence-electron chi connectivity index (χ2n) is 7.39. The summed E-state index contributed by atoms with van der Waals surface area (Å²) in [4.78, 5) is 0. The average Bonchev–Trinajstić information content (AvgIpc) is 2.63. The minimum absolute atomic E-state index is 0.802. The second kappa shape index (κ2) is 16.2. The molecule has 3 heteroatoms. The van der Waals surface area contributed by atoms with E-state index in [9.17, 15) is 10.2 Å². The third-order valence-corrected chi connectivity index (χ3v) is 19.1. The van der Waals surface area contributed by atoms with Crippen molar-refractivity contribution in [2.75, 3.05) is 0 Å². The quantitative estimate of drug-likeness (QED) is 0.195. The van der Waals surface area contributed by atoms with Crippen LogP contribution in [0.2, 0.25) is 13.3 Å². The van der Waals surface area contributed by atoms with Crippen LogP contribution in [0.5, 0.6) is 0 Å². The van der Waals surface area contributed by atoms with Gasteiger partial charge in [0.2, 0.25) is 0 Å². The van der Waals surface area contributed by atoms with Gasteiger partial charge in [0.15, 0.2) is 0 Å². The molecule has 0 fully saturated rings. The van der Waals surface area contributed by atoms with E-state index in [4.69, 9.17) is 0 Å². The fraction of sp³-hybridized carbons (Fsp3) is 0.818. The summed E-state index contributed by atoms with van der Waals surface area (Å²) >= 11 is -2.37. The van der Waals surface area contributed by atoms with E-state index in [2.05, 4.69) is 43.6 Å². The normalized spacial score (nSPS) is 14.3. The van der Waals surface area contributed by atoms with Crippen molar-refractivity contribution >= 4 is 18.4 Å². The molecule has 25 heavy (non-hydrogen) atoms. The summed E-state index contributed by atoms with van der Waals surface area (Å²) < 4.78 is 6.56. The van der Waals surface area contributed by atoms with Crippen molar-refractivity contribution in [1.82, 2.24) is 0 Å². The van der Waals surface area contributed by atoms with Gasteiger partial charge in [0.05, 0.1) is 0 Å². The van der Waals surface area contributed by atoms with Gasteiger partial charge >= 0.3 is 162 Å². The third-order valence-electron chi connectivity index (χ3n) is 4.96. The first kappa shape index (κ1) is 25.0. The van der Waals surface area contributed by atoms with Crippen molar-refractivity contribution in [2.24, 2.45) is 0 Å². The fourth-order valence-electron chi connectivity index (χ4n) is 3.15. The molecule has 2 atom stereocenters. The number of unbranched alkanes of at least 4 members (excludes halogenated alkanes) is 5. The van der Waals surface area contributed by atoms with Crippen molar-refractivity contribution in [3.63, 3.8) is 0 Å². The molecule has 0 bridgehead atoms. The van der Waals surface area contributed by atoms with Crippen LogP contribution in [0.1, 0.15) is 85.5 Å². The Labute approximate surface area is 161 Å². The van der Waals surface area contributed by atoms with Gasteiger partial charge in [0.1, 0.15) is 0 Å². The SMILES string of the molecule is CCCCC#C[C@@H](O)[C@H](O)/C=[CH]/[Sn]([CH2]CCC)([CH2]CCC)[CH2]CCC. The Bertz CT molecular complexity index is 373. The fourth-order valence-corrected chi connectivity index (χ4v) is 17.5. The molecule has 0 aromatic carbocycles. The van der Waals surface area contributed by atoms with Crippen LogP contribution in [0.3, 0.4) is 0 Å². The molecule has 0 rings (SSSR count). The van der Waals surface area contributed by atoms with Crippen molar-refractivity contribution in [3.05, 3.63) is 10.2 Å². The third kappa shape index (κ3) is 12.1. The molecule has 0 aliphatic carbocycles. The molecule has 2 nitrogen and oxygen atoms in total. The van der Waals surface area contributed by atoms with Crippen LogP contribution >= 0.6 is 0 Å². The van der Waals surface area contributed by atoms with E-state index in [1.807, 2.05) is 6.08 Å². The van der Waals surface area contributed by atoms with E-state index in [1.54, 1.807) is 0 Å². The minimum atomic E-state index is -2.37. The van der Waals surface area contributed by atoms with Gasteiger partial charge in [0, 0.05) is 0 Å². The summed E-state index contributed by atoms with van der Waals surface area (Å²) in [6.07, 6.45) is 10.8. The first-order chi connectivity index (χ1) is 12.0. The van der Waals surface area contributed by atoms with E-state index >= 15 is 0 Å². The van der Waals surface area contributed by atoms with Crippen LogP contribution in [0.25, 0.3) is 0 Å². The van der Waals surface area contributed by atoms with E-state index in [0.717, 1.165) is 19.3 Å². The maximum absolute atomic E-state index is 10.3. The standard InChI is InChI=1S/C10H15O2.3C4H9.Sn/c1-3-5-6-7-8-10(12)9(11)4-2;3*1-3-4-2;/h2,4,9-12H,3,5-6H2,1H3;3*1,3-4H2,2H3;/t9-,10-;;;;/m1..../s1. The predicted octanol–water partition coefficient (Wildman–Crippen LogP) is 5.85. The summed E-state index contributed by atoms with van der Waals surface area (Å²) in [5.74, 6) is 5.80. The molecule has 2 N–H and O–H groups in total. The molecule has 0 spiro atoms. The van der Waals surface area contributed by atoms with Crippen LogP contribution < -0.4 is 0 Å². The zero-order valence-electron chi connectivity index (χ0n) is 17.2. The van der Waals surface area contributed by atoms with Crippen molar-refractivity contribution in [3.8, 4) is 11.8 Å². The maximum atomic E-state index is 10.3. The summed E-state index contributed by atoms with van der Waals surface area (Å²) in [5.41, 5.74) is 0. The Morgan fingerprint density at radius 1 is 0.800 bits per heavy atom. The Morgan fingerprint density at radius 3 is 1.72 bits per heavy atom. The molecule has 0 saturated heterocycles. The topological polar surface area (TPSA) is 40.5 Å². The Kier molecular flexibility index (Phi) is 16.2. The molecular formula is C22H42O2Sn. The predicted molar refractivity (Wildman–Crippen MR) is 113 cm³/mol. The molecule has 0 radical (unpaired) electrons. The monoisotopic (exact) mass is 458 g/mol. The number of hydrogen-bond donors (Lipinski definition) is 2. The van der Waals surface area contributed by atoms with Crippen LogP contribution in [0.4, 0.5) is 0 Å². The van der Waals surface area contributed by atoms with Crippen LogP contribution in [0.15, 0.2) is 10.2 Å². The summed E-state index contributed by atoms with van der Waals surface area (Å²) in [6.45, 7) is 8.94. The van der Waals surface area contributed by atoms with Crippen LogP contribution in [-0.4, -0.2) is 40.8 Å². The molecule has 0 heterocycles. The zero-order valence-corrected chi connectivity index (χ0v) is 20.0. The molecule has 0 aliphatic rings. The number of aliphatic hydroxyl groups excluding tert-OH is 2. The average molecular weight is 457 g/mol. The van der Waals surface area contributed by atoms with E-state index in [-0.39, 0.29) is 0 Å². The van der Waals surface area contributed by atoms with Crippen molar-refractivity contribution in [2.45, 2.75) is 111 Å². The Balaban J connectivity index is 5.00. The zero-order chi connectivity index (χ0) is 19.0. The molecular weight excluding hydrogens is 415 g/mol. The van der Waals surface area contributed by atoms with E-state index in [1.165, 1.54) is 51.8 Å². The summed E-state index contributed by atoms with van der Waals surface area (Å²) in [5, 5.41) is 20.4. The second-order valence-corrected chi connectivity index (χ2v) is 20.4. The van der Waals surface area contributed by atoms with Gasteiger partial charge < -0.3 is 0 Å².